The van der Waals surface area contributed by atoms with Gasteiger partial charge in [0.25, 0.3) is 5.91 Å². The van der Waals surface area contributed by atoms with E-state index in [2.05, 4.69) is 16.2 Å². The molecule has 4 rings (SSSR count). The maximum absolute atomic E-state index is 13.4. The molecule has 4 aromatic rings. The van der Waals surface area contributed by atoms with Crippen molar-refractivity contribution < 1.29 is 18.3 Å². The Balaban J connectivity index is 0.00000176. The molecule has 0 radical (unpaired) electrons. The molecular weight excluding hydrogens is 460 g/mol. The smallest absolute Gasteiger partial charge is 0.251 e. The van der Waals surface area contributed by atoms with E-state index in [0.717, 1.165) is 17.3 Å². The number of carbonyl (C=O) groups excluding carboxylic acids is 1. The Morgan fingerprint density at radius 1 is 1.11 bits per heavy atom. The molecule has 2 aromatic heterocycles. The van der Waals surface area contributed by atoms with Crippen LogP contribution in [0.15, 0.2) is 73.2 Å². The monoisotopic (exact) mass is 487 g/mol. The van der Waals surface area contributed by atoms with Gasteiger partial charge in [-0.05, 0) is 48.9 Å². The Hall–Kier alpha value is -4.44. The number of hydrogen-bond acceptors (Lipinski definition) is 3. The number of nitrogens with zero attached hydrogens (tertiary/aromatic N) is 2. The second-order valence-electron chi connectivity index (χ2n) is 7.64. The van der Waals surface area contributed by atoms with Gasteiger partial charge in [-0.25, -0.2) is 8.78 Å². The summed E-state index contributed by atoms with van der Waals surface area (Å²) >= 11 is 0. The van der Waals surface area contributed by atoms with E-state index in [-0.39, 0.29) is 12.5 Å². The molecule has 0 bridgehead atoms. The van der Waals surface area contributed by atoms with Crippen molar-refractivity contribution in [1.29, 1.82) is 0 Å². The normalized spacial score (nSPS) is 10.1. The van der Waals surface area contributed by atoms with Crippen molar-refractivity contribution in [3.8, 4) is 35.1 Å². The molecular formula is C29H27F2N3O2. The van der Waals surface area contributed by atoms with Crippen molar-refractivity contribution in [3.63, 3.8) is 0 Å². The molecule has 0 unspecified atom stereocenters. The van der Waals surface area contributed by atoms with E-state index >= 15 is 0 Å². The highest BCUT2D eigenvalue weighted by Crippen LogP contribution is 2.29. The number of terminal acetylenes is 1. The van der Waals surface area contributed by atoms with Crippen molar-refractivity contribution in [3.05, 3.63) is 102 Å². The molecule has 0 aliphatic heterocycles. The van der Waals surface area contributed by atoms with Gasteiger partial charge in [0.05, 0.1) is 12.2 Å². The number of carbonyl (C=O) groups is 1. The third-order valence-electron chi connectivity index (χ3n) is 5.18. The molecule has 0 spiro atoms. The lowest BCUT2D eigenvalue weighted by molar-refractivity contribution is 0.0950. The van der Waals surface area contributed by atoms with Crippen molar-refractivity contribution in [2.24, 2.45) is 0 Å². The fraction of sp³-hybridized carbons (Fsp3) is 0.172. The van der Waals surface area contributed by atoms with Crippen LogP contribution in [0.1, 0.15) is 35.3 Å². The Morgan fingerprint density at radius 2 is 1.86 bits per heavy atom. The maximum Gasteiger partial charge on any atom is 0.251 e. The zero-order valence-corrected chi connectivity index (χ0v) is 20.4. The first-order valence-electron chi connectivity index (χ1n) is 11.5. The zero-order chi connectivity index (χ0) is 26.1. The molecule has 0 aliphatic rings. The number of benzene rings is 2. The molecule has 0 aliphatic carbocycles. The molecule has 0 atom stereocenters. The number of pyridine rings is 1. The fourth-order valence-electron chi connectivity index (χ4n) is 3.52. The summed E-state index contributed by atoms with van der Waals surface area (Å²) in [6, 6.07) is 13.7. The molecule has 0 saturated carbocycles. The number of rotatable bonds is 7. The Kier molecular flexibility index (Phi) is 8.95. The van der Waals surface area contributed by atoms with E-state index in [9.17, 15) is 13.6 Å². The van der Waals surface area contributed by atoms with E-state index in [1.54, 1.807) is 43.5 Å². The lowest BCUT2D eigenvalue weighted by Crippen LogP contribution is -2.23. The summed E-state index contributed by atoms with van der Waals surface area (Å²) in [5.74, 6) is 1.89. The molecule has 2 heterocycles. The topological polar surface area (TPSA) is 56.1 Å². The van der Waals surface area contributed by atoms with Crippen LogP contribution in [0.3, 0.4) is 0 Å². The summed E-state index contributed by atoms with van der Waals surface area (Å²) in [4.78, 5) is 17.1. The first-order chi connectivity index (χ1) is 17.4. The summed E-state index contributed by atoms with van der Waals surface area (Å²) in [6.07, 6.45) is 10.8. The molecule has 36 heavy (non-hydrogen) atoms. The van der Waals surface area contributed by atoms with Crippen LogP contribution in [0.4, 0.5) is 8.78 Å². The van der Waals surface area contributed by atoms with E-state index in [1.165, 1.54) is 12.1 Å². The standard InChI is InChI=1S/C27H21F2N3O2.C2H6/c1-3-10-32-11-8-20(17-32)25-15-23(7-9-30-25)34-26-6-4-5-24(18(26)2)27(33)31-16-19-12-21(28)14-22(29)13-19;1-2/h1,4-9,11-15,17H,10,16H2,2H3,(H,31,33);1-2H3. The van der Waals surface area contributed by atoms with Crippen LogP contribution in [-0.4, -0.2) is 15.5 Å². The highest BCUT2D eigenvalue weighted by atomic mass is 19.1. The summed E-state index contributed by atoms with van der Waals surface area (Å²) in [7, 11) is 0. The highest BCUT2D eigenvalue weighted by Gasteiger charge is 2.14. The lowest BCUT2D eigenvalue weighted by Gasteiger charge is -2.13. The van der Waals surface area contributed by atoms with Gasteiger partial charge in [-0.1, -0.05) is 25.8 Å². The van der Waals surface area contributed by atoms with Gasteiger partial charge in [0.1, 0.15) is 23.1 Å². The van der Waals surface area contributed by atoms with Crippen molar-refractivity contribution >= 4 is 5.91 Å². The van der Waals surface area contributed by atoms with Crippen LogP contribution in [-0.2, 0) is 13.1 Å². The number of nitrogens with one attached hydrogen (secondary N) is 1. The van der Waals surface area contributed by atoms with E-state index < -0.39 is 11.6 Å². The van der Waals surface area contributed by atoms with Gasteiger partial charge in [0.15, 0.2) is 0 Å². The zero-order valence-electron chi connectivity index (χ0n) is 20.4. The first-order valence-corrected chi connectivity index (χ1v) is 11.5. The van der Waals surface area contributed by atoms with E-state index in [0.29, 0.717) is 34.7 Å². The Bertz CT molecular complexity index is 1370. The molecule has 1 N–H and O–H groups in total. The predicted octanol–water partition coefficient (Wildman–Crippen LogP) is 6.52. The van der Waals surface area contributed by atoms with E-state index in [1.807, 2.05) is 36.9 Å². The molecule has 5 nitrogen and oxygen atoms in total. The number of ether oxygens (including phenoxy) is 1. The van der Waals surface area contributed by atoms with Crippen LogP contribution in [0.5, 0.6) is 11.5 Å². The third kappa shape index (κ3) is 6.57. The molecule has 184 valence electrons. The average molecular weight is 488 g/mol. The minimum atomic E-state index is -0.694. The fourth-order valence-corrected chi connectivity index (χ4v) is 3.52. The number of amides is 1. The molecule has 7 heteroatoms. The summed E-state index contributed by atoms with van der Waals surface area (Å²) in [5.41, 5.74) is 2.98. The molecule has 1 amide bonds. The summed E-state index contributed by atoms with van der Waals surface area (Å²) < 4.78 is 34.7. The molecule has 0 saturated heterocycles. The molecule has 0 fully saturated rings. The van der Waals surface area contributed by atoms with Gasteiger partial charge in [-0.2, -0.15) is 0 Å². The van der Waals surface area contributed by atoms with Crippen LogP contribution < -0.4 is 10.1 Å². The largest absolute Gasteiger partial charge is 0.457 e. The van der Waals surface area contributed by atoms with Gasteiger partial charge in [0, 0.05) is 54.0 Å². The van der Waals surface area contributed by atoms with Gasteiger partial charge in [-0.3, -0.25) is 9.78 Å². The van der Waals surface area contributed by atoms with Gasteiger partial charge >= 0.3 is 0 Å². The van der Waals surface area contributed by atoms with Crippen LogP contribution in [0, 0.1) is 30.9 Å². The number of hydrogen-bond donors (Lipinski definition) is 1. The molecule has 2 aromatic carbocycles. The second-order valence-corrected chi connectivity index (χ2v) is 7.64. The van der Waals surface area contributed by atoms with Crippen molar-refractivity contribution in [1.82, 2.24) is 14.9 Å². The van der Waals surface area contributed by atoms with Crippen LogP contribution in [0.2, 0.25) is 0 Å². The lowest BCUT2D eigenvalue weighted by atomic mass is 10.1. The summed E-state index contributed by atoms with van der Waals surface area (Å²) in [5, 5.41) is 2.69. The minimum absolute atomic E-state index is 0.00885. The third-order valence-corrected chi connectivity index (χ3v) is 5.18. The van der Waals surface area contributed by atoms with Gasteiger partial charge in [0.2, 0.25) is 0 Å². The number of aromatic nitrogens is 2. The second kappa shape index (κ2) is 12.3. The van der Waals surface area contributed by atoms with Crippen molar-refractivity contribution in [2.75, 3.05) is 0 Å². The SMILES string of the molecule is C#CCn1ccc(-c2cc(Oc3cccc(C(=O)NCc4cc(F)cc(F)c4)c3C)ccn2)c1.CC. The summed E-state index contributed by atoms with van der Waals surface area (Å²) in [6.45, 7) is 6.23. The quantitative estimate of drug-likeness (QED) is 0.302. The van der Waals surface area contributed by atoms with Crippen LogP contribution in [0.25, 0.3) is 11.3 Å². The highest BCUT2D eigenvalue weighted by molar-refractivity contribution is 5.96. The van der Waals surface area contributed by atoms with Gasteiger partial charge in [-0.15, -0.1) is 6.42 Å². The predicted molar refractivity (Wildman–Crippen MR) is 137 cm³/mol. The Morgan fingerprint density at radius 3 is 2.58 bits per heavy atom. The van der Waals surface area contributed by atoms with Crippen molar-refractivity contribution in [2.45, 2.75) is 33.9 Å². The maximum atomic E-state index is 13.4. The van der Waals surface area contributed by atoms with Crippen LogP contribution >= 0.6 is 0 Å². The minimum Gasteiger partial charge on any atom is -0.457 e. The first kappa shape index (κ1) is 26.2. The average Bonchev–Trinajstić information content (AvgIpc) is 3.34. The number of halogens is 2. The van der Waals surface area contributed by atoms with E-state index in [4.69, 9.17) is 11.2 Å². The Labute approximate surface area is 209 Å². The van der Waals surface area contributed by atoms with Gasteiger partial charge < -0.3 is 14.6 Å².